The zero-order valence-corrected chi connectivity index (χ0v) is 18.2. The van der Waals surface area contributed by atoms with E-state index in [-0.39, 0.29) is 11.3 Å². The first-order valence-corrected chi connectivity index (χ1v) is 9.94. The number of ketones is 1. The number of hydrogen-bond donors (Lipinski definition) is 1. The Bertz CT molecular complexity index is 988. The van der Waals surface area contributed by atoms with Crippen molar-refractivity contribution in [2.45, 2.75) is 12.5 Å². The molecule has 0 saturated carbocycles. The molecule has 1 atom stereocenters. The Morgan fingerprint density at radius 1 is 1.10 bits per heavy atom. The maximum atomic E-state index is 13.0. The molecule has 1 aliphatic rings. The van der Waals surface area contributed by atoms with Crippen LogP contribution in [-0.2, 0) is 9.59 Å². The number of aliphatic hydroxyl groups is 1. The molecule has 1 aromatic carbocycles. The summed E-state index contributed by atoms with van der Waals surface area (Å²) in [6, 6.07) is 7.68. The second-order valence-corrected chi connectivity index (χ2v) is 7.50. The topological polar surface area (TPSA) is 92.2 Å². The van der Waals surface area contributed by atoms with Crippen molar-refractivity contribution in [2.75, 3.05) is 41.4 Å². The number of aliphatic hydroxyl groups excluding tert-OH is 1. The van der Waals surface area contributed by atoms with Gasteiger partial charge in [0.2, 0.25) is 0 Å². The molecular weight excluding hydrogens is 398 g/mol. The average Bonchev–Trinajstić information content (AvgIpc) is 3.03. The van der Waals surface area contributed by atoms with Gasteiger partial charge in [-0.2, -0.15) is 0 Å². The van der Waals surface area contributed by atoms with Gasteiger partial charge in [0.1, 0.15) is 5.76 Å². The number of Topliss-reactive ketones (excluding diaryl/α,β-unsaturated/α-hetero) is 1. The third-order valence-corrected chi connectivity index (χ3v) is 5.22. The predicted molar refractivity (Wildman–Crippen MR) is 116 cm³/mol. The highest BCUT2D eigenvalue weighted by atomic mass is 16.5. The molecule has 1 N–H and O–H groups in total. The van der Waals surface area contributed by atoms with E-state index in [4.69, 9.17) is 9.47 Å². The molecule has 8 heteroatoms. The third-order valence-electron chi connectivity index (χ3n) is 5.22. The molecule has 0 bridgehead atoms. The minimum Gasteiger partial charge on any atom is -0.507 e. The maximum Gasteiger partial charge on any atom is 0.295 e. The first-order chi connectivity index (χ1) is 14.9. The van der Waals surface area contributed by atoms with E-state index in [1.165, 1.54) is 31.5 Å². The number of carbonyl (C=O) groups is 2. The van der Waals surface area contributed by atoms with Gasteiger partial charge >= 0.3 is 0 Å². The molecule has 1 fully saturated rings. The Balaban J connectivity index is 2.13. The molecule has 31 heavy (non-hydrogen) atoms. The fraction of sp³-hybridized carbons (Fsp3) is 0.348. The number of ether oxygens (including phenoxy) is 2. The van der Waals surface area contributed by atoms with Crippen molar-refractivity contribution in [2.24, 2.45) is 0 Å². The predicted octanol–water partition coefficient (Wildman–Crippen LogP) is 2.47. The highest BCUT2D eigenvalue weighted by molar-refractivity contribution is 6.46. The molecule has 3 rings (SSSR count). The van der Waals surface area contributed by atoms with Crippen molar-refractivity contribution < 1.29 is 24.2 Å². The molecular formula is C23H27N3O5. The van der Waals surface area contributed by atoms with Crippen molar-refractivity contribution in [3.8, 4) is 11.5 Å². The highest BCUT2D eigenvalue weighted by Gasteiger charge is 2.46. The quantitative estimate of drug-likeness (QED) is 0.395. The van der Waals surface area contributed by atoms with E-state index >= 15 is 0 Å². The summed E-state index contributed by atoms with van der Waals surface area (Å²) in [5, 5.41) is 11.0. The van der Waals surface area contributed by atoms with Gasteiger partial charge in [0.25, 0.3) is 11.7 Å². The van der Waals surface area contributed by atoms with Crippen molar-refractivity contribution in [3.05, 3.63) is 59.4 Å². The number of rotatable bonds is 8. The van der Waals surface area contributed by atoms with Gasteiger partial charge in [-0.05, 0) is 56.9 Å². The van der Waals surface area contributed by atoms with E-state index in [1.807, 2.05) is 19.0 Å². The fourth-order valence-electron chi connectivity index (χ4n) is 3.70. The van der Waals surface area contributed by atoms with Gasteiger partial charge in [0.05, 0.1) is 25.8 Å². The second kappa shape index (κ2) is 9.61. The van der Waals surface area contributed by atoms with Gasteiger partial charge in [-0.1, -0.05) is 6.07 Å². The Labute approximate surface area is 181 Å². The van der Waals surface area contributed by atoms with Crippen LogP contribution in [0, 0.1) is 0 Å². The summed E-state index contributed by atoms with van der Waals surface area (Å²) in [5.74, 6) is -0.559. The molecule has 1 aromatic heterocycles. The van der Waals surface area contributed by atoms with E-state index in [0.29, 0.717) is 35.6 Å². The highest BCUT2D eigenvalue weighted by Crippen LogP contribution is 2.41. The zero-order valence-electron chi connectivity index (χ0n) is 18.2. The van der Waals surface area contributed by atoms with E-state index < -0.39 is 17.7 Å². The minimum atomic E-state index is -0.741. The van der Waals surface area contributed by atoms with Gasteiger partial charge in [-0.15, -0.1) is 0 Å². The fourth-order valence-corrected chi connectivity index (χ4v) is 3.70. The Morgan fingerprint density at radius 2 is 1.77 bits per heavy atom. The Kier molecular flexibility index (Phi) is 6.91. The number of carbonyl (C=O) groups excluding carboxylic acids is 2. The largest absolute Gasteiger partial charge is 0.507 e. The number of benzene rings is 1. The Hall–Kier alpha value is -3.39. The summed E-state index contributed by atoms with van der Waals surface area (Å²) in [4.78, 5) is 33.4. The van der Waals surface area contributed by atoms with E-state index in [9.17, 15) is 14.7 Å². The maximum absolute atomic E-state index is 13.0. The van der Waals surface area contributed by atoms with Crippen LogP contribution in [0.15, 0.2) is 48.3 Å². The molecule has 164 valence electrons. The van der Waals surface area contributed by atoms with Crippen molar-refractivity contribution >= 4 is 17.4 Å². The van der Waals surface area contributed by atoms with Gasteiger partial charge in [-0.25, -0.2) is 0 Å². The van der Waals surface area contributed by atoms with Crippen LogP contribution in [-0.4, -0.2) is 73.0 Å². The molecule has 0 unspecified atom stereocenters. The van der Waals surface area contributed by atoms with Crippen LogP contribution >= 0.6 is 0 Å². The zero-order chi connectivity index (χ0) is 22.5. The molecule has 1 amide bonds. The normalized spacial score (nSPS) is 18.0. The van der Waals surface area contributed by atoms with E-state index in [0.717, 1.165) is 6.54 Å². The number of aromatic nitrogens is 1. The standard InChI is InChI=1S/C23H27N3O5/c1-25(2)12-5-13-26-20(16-6-7-17(30-3)18(14-16)31-4)19(22(28)23(26)29)21(27)15-8-10-24-11-9-15/h6-11,14,20,27H,5,12-13H2,1-4H3/t20-/m0/s1. The Morgan fingerprint density at radius 3 is 2.39 bits per heavy atom. The number of likely N-dealkylation sites (tertiary alicyclic amines) is 1. The molecule has 0 aliphatic carbocycles. The monoisotopic (exact) mass is 425 g/mol. The second-order valence-electron chi connectivity index (χ2n) is 7.50. The van der Waals surface area contributed by atoms with Gasteiger partial charge in [0, 0.05) is 24.5 Å². The lowest BCUT2D eigenvalue weighted by Gasteiger charge is -2.26. The molecule has 2 aromatic rings. The van der Waals surface area contributed by atoms with Crippen molar-refractivity contribution in [3.63, 3.8) is 0 Å². The molecule has 0 spiro atoms. The van der Waals surface area contributed by atoms with Gasteiger partial charge in [0.15, 0.2) is 11.5 Å². The van der Waals surface area contributed by atoms with Crippen LogP contribution < -0.4 is 9.47 Å². The van der Waals surface area contributed by atoms with E-state index in [1.54, 1.807) is 30.3 Å². The molecule has 1 saturated heterocycles. The number of nitrogens with zero attached hydrogens (tertiary/aromatic N) is 3. The molecule has 2 heterocycles. The van der Waals surface area contributed by atoms with Crippen LogP contribution in [0.2, 0.25) is 0 Å². The van der Waals surface area contributed by atoms with Crippen LogP contribution in [0.25, 0.3) is 5.76 Å². The van der Waals surface area contributed by atoms with Gasteiger partial charge < -0.3 is 24.4 Å². The first-order valence-electron chi connectivity index (χ1n) is 9.94. The van der Waals surface area contributed by atoms with Crippen LogP contribution in [0.3, 0.4) is 0 Å². The number of amides is 1. The summed E-state index contributed by atoms with van der Waals surface area (Å²) in [5.41, 5.74) is 1.12. The van der Waals surface area contributed by atoms with Crippen LogP contribution in [0.5, 0.6) is 11.5 Å². The summed E-state index contributed by atoms with van der Waals surface area (Å²) in [6.07, 6.45) is 3.72. The summed E-state index contributed by atoms with van der Waals surface area (Å²) in [6.45, 7) is 1.13. The van der Waals surface area contributed by atoms with E-state index in [2.05, 4.69) is 4.98 Å². The minimum absolute atomic E-state index is 0.0493. The molecule has 1 aliphatic heterocycles. The SMILES string of the molecule is COc1ccc([C@H]2C(=C(O)c3ccncc3)C(=O)C(=O)N2CCCN(C)C)cc1OC. The number of methoxy groups -OCH3 is 2. The molecule has 0 radical (unpaired) electrons. The van der Waals surface area contributed by atoms with Crippen molar-refractivity contribution in [1.29, 1.82) is 0 Å². The van der Waals surface area contributed by atoms with Crippen LogP contribution in [0.4, 0.5) is 0 Å². The van der Waals surface area contributed by atoms with Crippen molar-refractivity contribution in [1.82, 2.24) is 14.8 Å². The summed E-state index contributed by atoms with van der Waals surface area (Å²) >= 11 is 0. The van der Waals surface area contributed by atoms with Crippen LogP contribution in [0.1, 0.15) is 23.6 Å². The third kappa shape index (κ3) is 4.54. The van der Waals surface area contributed by atoms with Gasteiger partial charge in [-0.3, -0.25) is 14.6 Å². The number of hydrogen-bond acceptors (Lipinski definition) is 7. The summed E-state index contributed by atoms with van der Waals surface area (Å²) < 4.78 is 10.7. The molecule has 8 nitrogen and oxygen atoms in total. The summed E-state index contributed by atoms with van der Waals surface area (Å²) in [7, 11) is 6.95. The smallest absolute Gasteiger partial charge is 0.295 e. The lowest BCUT2D eigenvalue weighted by molar-refractivity contribution is -0.139. The number of pyridine rings is 1. The lowest BCUT2D eigenvalue weighted by Crippen LogP contribution is -2.32. The first kappa shape index (κ1) is 22.3. The lowest BCUT2D eigenvalue weighted by atomic mass is 9.95. The average molecular weight is 425 g/mol.